The summed E-state index contributed by atoms with van der Waals surface area (Å²) in [5.74, 6) is 3.53. The molecule has 1 nitrogen and oxygen atoms in total. The molecule has 0 saturated carbocycles. The number of nitrogens with one attached hydrogen (secondary N) is 1. The van der Waals surface area contributed by atoms with Crippen molar-refractivity contribution in [2.75, 3.05) is 18.1 Å². The van der Waals surface area contributed by atoms with Crippen molar-refractivity contribution in [1.82, 2.24) is 5.32 Å². The molecule has 1 aliphatic rings. The molecule has 1 heterocycles. The van der Waals surface area contributed by atoms with E-state index in [-0.39, 0.29) is 0 Å². The lowest BCUT2D eigenvalue weighted by molar-refractivity contribution is 0.317. The first-order chi connectivity index (χ1) is 8.49. The molecule has 1 unspecified atom stereocenters. The van der Waals surface area contributed by atoms with Crippen LogP contribution >= 0.6 is 11.8 Å². The molecule has 108 valence electrons. The number of hydrogen-bond acceptors (Lipinski definition) is 2. The number of unbranched alkanes of at least 4 members (excludes halogenated alkanes) is 3. The van der Waals surface area contributed by atoms with E-state index in [1.165, 1.54) is 56.6 Å². The van der Waals surface area contributed by atoms with Gasteiger partial charge in [-0.25, -0.2) is 0 Å². The lowest BCUT2D eigenvalue weighted by Gasteiger charge is -2.35. The zero-order chi connectivity index (χ0) is 13.4. The van der Waals surface area contributed by atoms with Crippen molar-refractivity contribution in [2.45, 2.75) is 72.3 Å². The Morgan fingerprint density at radius 1 is 1.17 bits per heavy atom. The van der Waals surface area contributed by atoms with Crippen LogP contribution in [0.4, 0.5) is 0 Å². The van der Waals surface area contributed by atoms with Crippen LogP contribution in [0.2, 0.25) is 0 Å². The smallest absolute Gasteiger partial charge is 0.0163 e. The minimum atomic E-state index is 0.540. The van der Waals surface area contributed by atoms with Gasteiger partial charge < -0.3 is 5.32 Å². The van der Waals surface area contributed by atoms with E-state index in [4.69, 9.17) is 0 Å². The van der Waals surface area contributed by atoms with Crippen molar-refractivity contribution in [3.63, 3.8) is 0 Å². The molecule has 0 amide bonds. The predicted octanol–water partition coefficient (Wildman–Crippen LogP) is 4.71. The first-order valence-electron chi connectivity index (χ1n) is 7.81. The van der Waals surface area contributed by atoms with Crippen LogP contribution in [0.15, 0.2) is 0 Å². The van der Waals surface area contributed by atoms with Gasteiger partial charge in [-0.3, -0.25) is 0 Å². The molecule has 1 saturated heterocycles. The summed E-state index contributed by atoms with van der Waals surface area (Å²) in [5, 5.41) is 3.76. The van der Waals surface area contributed by atoms with E-state index in [0.717, 1.165) is 12.0 Å². The van der Waals surface area contributed by atoms with Crippen LogP contribution in [0.25, 0.3) is 0 Å². The minimum Gasteiger partial charge on any atom is -0.313 e. The highest BCUT2D eigenvalue weighted by atomic mass is 32.2. The quantitative estimate of drug-likeness (QED) is 0.641. The second-order valence-corrected chi connectivity index (χ2v) is 8.16. The highest BCUT2D eigenvalue weighted by Gasteiger charge is 2.27. The molecular formula is C16H33NS. The van der Waals surface area contributed by atoms with Gasteiger partial charge in [0.1, 0.15) is 0 Å². The Labute approximate surface area is 119 Å². The summed E-state index contributed by atoms with van der Waals surface area (Å²) in [6, 6.07) is 0.759. The zero-order valence-electron chi connectivity index (χ0n) is 12.9. The Balaban J connectivity index is 1.94. The van der Waals surface area contributed by atoms with Crippen molar-refractivity contribution < 1.29 is 0 Å². The Hall–Kier alpha value is 0.310. The van der Waals surface area contributed by atoms with Crippen LogP contribution < -0.4 is 5.32 Å². The summed E-state index contributed by atoms with van der Waals surface area (Å²) in [6.07, 6.45) is 8.37. The highest BCUT2D eigenvalue weighted by Crippen LogP contribution is 2.33. The molecule has 1 N–H and O–H groups in total. The summed E-state index contributed by atoms with van der Waals surface area (Å²) in [5.41, 5.74) is 0.540. The van der Waals surface area contributed by atoms with E-state index in [1.54, 1.807) is 0 Å². The van der Waals surface area contributed by atoms with Crippen LogP contribution in [-0.4, -0.2) is 24.1 Å². The molecule has 0 aromatic rings. The first-order valence-corrected chi connectivity index (χ1v) is 8.96. The van der Waals surface area contributed by atoms with Crippen LogP contribution in [0.5, 0.6) is 0 Å². The van der Waals surface area contributed by atoms with Crippen LogP contribution in [0.1, 0.15) is 66.2 Å². The maximum atomic E-state index is 3.76. The second kappa shape index (κ2) is 8.47. The molecule has 0 bridgehead atoms. The van der Waals surface area contributed by atoms with Gasteiger partial charge in [0.25, 0.3) is 0 Å². The average Bonchev–Trinajstić information content (AvgIpc) is 2.26. The third kappa shape index (κ3) is 7.68. The van der Waals surface area contributed by atoms with Gasteiger partial charge in [0.05, 0.1) is 0 Å². The lowest BCUT2D eigenvalue weighted by atomic mass is 9.88. The molecule has 1 rings (SSSR count). The van der Waals surface area contributed by atoms with Crippen molar-refractivity contribution in [1.29, 1.82) is 0 Å². The summed E-state index contributed by atoms with van der Waals surface area (Å²) >= 11 is 2.12. The first kappa shape index (κ1) is 16.4. The van der Waals surface area contributed by atoms with Gasteiger partial charge in [0, 0.05) is 11.8 Å². The number of thioether (sulfide) groups is 1. The third-order valence-corrected chi connectivity index (χ3v) is 5.38. The van der Waals surface area contributed by atoms with E-state index in [9.17, 15) is 0 Å². The van der Waals surface area contributed by atoms with Crippen molar-refractivity contribution in [2.24, 2.45) is 11.3 Å². The van der Waals surface area contributed by atoms with Gasteiger partial charge in [-0.1, -0.05) is 53.4 Å². The second-order valence-electron chi connectivity index (χ2n) is 7.13. The SMILES string of the molecule is CC(C)CCCCCCNC1CSCC(C)(C)C1. The highest BCUT2D eigenvalue weighted by molar-refractivity contribution is 7.99. The van der Waals surface area contributed by atoms with Crippen molar-refractivity contribution in [3.8, 4) is 0 Å². The van der Waals surface area contributed by atoms with Gasteiger partial charge >= 0.3 is 0 Å². The normalized spacial score (nSPS) is 23.5. The fraction of sp³-hybridized carbons (Fsp3) is 1.00. The maximum absolute atomic E-state index is 3.76. The van der Waals surface area contributed by atoms with Crippen LogP contribution in [-0.2, 0) is 0 Å². The van der Waals surface area contributed by atoms with E-state index in [1.807, 2.05) is 0 Å². The third-order valence-electron chi connectivity index (χ3n) is 3.75. The Morgan fingerprint density at radius 3 is 2.56 bits per heavy atom. The molecule has 0 spiro atoms. The van der Waals surface area contributed by atoms with E-state index in [0.29, 0.717) is 5.41 Å². The molecule has 2 heteroatoms. The maximum Gasteiger partial charge on any atom is 0.0163 e. The molecule has 0 aromatic carbocycles. The molecule has 0 aliphatic carbocycles. The Kier molecular flexibility index (Phi) is 7.70. The summed E-state index contributed by atoms with van der Waals surface area (Å²) < 4.78 is 0. The van der Waals surface area contributed by atoms with Crippen molar-refractivity contribution in [3.05, 3.63) is 0 Å². The van der Waals surface area contributed by atoms with Crippen molar-refractivity contribution >= 4 is 11.8 Å². The van der Waals surface area contributed by atoms with Crippen LogP contribution in [0, 0.1) is 11.3 Å². The molecule has 1 fully saturated rings. The largest absolute Gasteiger partial charge is 0.313 e. The molecule has 1 aliphatic heterocycles. The van der Waals surface area contributed by atoms with Gasteiger partial charge in [-0.05, 0) is 36.5 Å². The fourth-order valence-corrected chi connectivity index (χ4v) is 4.04. The minimum absolute atomic E-state index is 0.540. The summed E-state index contributed by atoms with van der Waals surface area (Å²) in [7, 11) is 0. The molecule has 0 aromatic heterocycles. The summed E-state index contributed by atoms with van der Waals surface area (Å²) in [6.45, 7) is 10.7. The molecular weight excluding hydrogens is 238 g/mol. The average molecular weight is 272 g/mol. The fourth-order valence-electron chi connectivity index (χ4n) is 2.73. The predicted molar refractivity (Wildman–Crippen MR) is 85.4 cm³/mol. The Morgan fingerprint density at radius 2 is 1.89 bits per heavy atom. The topological polar surface area (TPSA) is 12.0 Å². The van der Waals surface area contributed by atoms with Crippen LogP contribution in [0.3, 0.4) is 0 Å². The standard InChI is InChI=1S/C16H33NS/c1-14(2)9-7-5-6-8-10-17-15-11-16(3,4)13-18-12-15/h14-15,17H,5-13H2,1-4H3. The van der Waals surface area contributed by atoms with Gasteiger partial charge in [0.15, 0.2) is 0 Å². The number of rotatable bonds is 8. The van der Waals surface area contributed by atoms with E-state index >= 15 is 0 Å². The molecule has 18 heavy (non-hydrogen) atoms. The number of hydrogen-bond donors (Lipinski definition) is 1. The van der Waals surface area contributed by atoms with Gasteiger partial charge in [-0.2, -0.15) is 11.8 Å². The van der Waals surface area contributed by atoms with E-state index in [2.05, 4.69) is 44.8 Å². The van der Waals surface area contributed by atoms with Gasteiger partial charge in [-0.15, -0.1) is 0 Å². The monoisotopic (exact) mass is 271 g/mol. The van der Waals surface area contributed by atoms with Gasteiger partial charge in [0.2, 0.25) is 0 Å². The van der Waals surface area contributed by atoms with E-state index < -0.39 is 0 Å². The zero-order valence-corrected chi connectivity index (χ0v) is 13.7. The lowest BCUT2D eigenvalue weighted by Crippen LogP contribution is -2.40. The Bertz CT molecular complexity index is 213. The molecule has 1 atom stereocenters. The summed E-state index contributed by atoms with van der Waals surface area (Å²) in [4.78, 5) is 0. The molecule has 0 radical (unpaired) electrons.